The molecule has 1 rings (SSSR count). The Morgan fingerprint density at radius 1 is 1.35 bits per heavy atom. The summed E-state index contributed by atoms with van der Waals surface area (Å²) in [5.74, 6) is 0.749. The summed E-state index contributed by atoms with van der Waals surface area (Å²) in [6.07, 6.45) is 2.50. The fourth-order valence-corrected chi connectivity index (χ4v) is 1.60. The smallest absolute Gasteiger partial charge is 0.125 e. The van der Waals surface area contributed by atoms with Crippen molar-refractivity contribution in [2.45, 2.75) is 38.7 Å². The highest BCUT2D eigenvalue weighted by Crippen LogP contribution is 2.26. The number of rotatable bonds is 7. The van der Waals surface area contributed by atoms with E-state index in [1.54, 1.807) is 0 Å². The van der Waals surface area contributed by atoms with Crippen LogP contribution < -0.4 is 4.74 Å². The maximum Gasteiger partial charge on any atom is 0.125 e. The fraction of sp³-hybridized carbons (Fsp3) is 0.500. The van der Waals surface area contributed by atoms with Gasteiger partial charge < -0.3 is 9.84 Å². The molecule has 92 valence electrons. The molecule has 0 radical (unpaired) electrons. The minimum absolute atomic E-state index is 0.467. The maximum absolute atomic E-state index is 9.83. The molecule has 1 aromatic rings. The molecule has 0 aliphatic rings. The molecule has 0 amide bonds. The first-order chi connectivity index (χ1) is 8.29. The van der Waals surface area contributed by atoms with E-state index in [1.165, 1.54) is 0 Å². The fourth-order valence-electron chi connectivity index (χ4n) is 1.60. The van der Waals surface area contributed by atoms with Crippen molar-refractivity contribution < 1.29 is 9.84 Å². The summed E-state index contributed by atoms with van der Waals surface area (Å²) >= 11 is 0. The average Bonchev–Trinajstić information content (AvgIpc) is 2.38. The van der Waals surface area contributed by atoms with Gasteiger partial charge in [-0.2, -0.15) is 5.26 Å². The normalized spacial score (nSPS) is 11.8. The predicted molar refractivity (Wildman–Crippen MR) is 66.7 cm³/mol. The van der Waals surface area contributed by atoms with Crippen LogP contribution in [0, 0.1) is 11.3 Å². The minimum Gasteiger partial charge on any atom is -0.493 e. The Morgan fingerprint density at radius 2 is 2.12 bits per heavy atom. The van der Waals surface area contributed by atoms with Gasteiger partial charge in [0.15, 0.2) is 0 Å². The van der Waals surface area contributed by atoms with Gasteiger partial charge in [-0.25, -0.2) is 0 Å². The zero-order chi connectivity index (χ0) is 12.5. The quantitative estimate of drug-likeness (QED) is 0.736. The molecule has 0 fully saturated rings. The van der Waals surface area contributed by atoms with Crippen molar-refractivity contribution in [3.63, 3.8) is 0 Å². The maximum atomic E-state index is 9.83. The van der Waals surface area contributed by atoms with Crippen molar-refractivity contribution in [1.29, 1.82) is 5.26 Å². The van der Waals surface area contributed by atoms with Gasteiger partial charge in [0, 0.05) is 12.0 Å². The Bertz CT molecular complexity index is 371. The lowest BCUT2D eigenvalue weighted by atomic mass is 10.1. The molecular weight excluding hydrogens is 214 g/mol. The molecule has 1 N–H and O–H groups in total. The molecular formula is C14H19NO2. The third-order valence-electron chi connectivity index (χ3n) is 2.61. The van der Waals surface area contributed by atoms with Gasteiger partial charge in [-0.1, -0.05) is 25.1 Å². The molecule has 0 spiro atoms. The molecule has 0 aliphatic heterocycles. The number of hydrogen-bond acceptors (Lipinski definition) is 3. The topological polar surface area (TPSA) is 53.2 Å². The lowest BCUT2D eigenvalue weighted by molar-refractivity contribution is 0.167. The van der Waals surface area contributed by atoms with Gasteiger partial charge in [0.25, 0.3) is 0 Å². The Labute approximate surface area is 103 Å². The molecule has 1 aromatic carbocycles. The number of aliphatic hydroxyl groups is 1. The summed E-state index contributed by atoms with van der Waals surface area (Å²) in [5.41, 5.74) is 0.843. The molecule has 17 heavy (non-hydrogen) atoms. The molecule has 0 aromatic heterocycles. The van der Waals surface area contributed by atoms with Crippen LogP contribution in [0.2, 0.25) is 0 Å². The zero-order valence-corrected chi connectivity index (χ0v) is 10.2. The molecule has 0 bridgehead atoms. The number of nitrogens with zero attached hydrogens (tertiary/aromatic N) is 1. The monoisotopic (exact) mass is 233 g/mol. The van der Waals surface area contributed by atoms with Crippen LogP contribution in [0.25, 0.3) is 0 Å². The number of benzene rings is 1. The molecule has 0 heterocycles. The van der Waals surface area contributed by atoms with E-state index in [1.807, 2.05) is 31.2 Å². The summed E-state index contributed by atoms with van der Waals surface area (Å²) in [5, 5.41) is 18.2. The highest BCUT2D eigenvalue weighted by molar-refractivity contribution is 5.34. The second-order valence-corrected chi connectivity index (χ2v) is 3.93. The first-order valence-electron chi connectivity index (χ1n) is 6.06. The van der Waals surface area contributed by atoms with E-state index < -0.39 is 6.10 Å². The van der Waals surface area contributed by atoms with E-state index in [9.17, 15) is 5.11 Å². The van der Waals surface area contributed by atoms with Crippen LogP contribution in [0.5, 0.6) is 5.75 Å². The lowest BCUT2D eigenvalue weighted by Gasteiger charge is -2.14. The third-order valence-corrected chi connectivity index (χ3v) is 2.61. The van der Waals surface area contributed by atoms with E-state index in [-0.39, 0.29) is 0 Å². The second kappa shape index (κ2) is 7.70. The van der Waals surface area contributed by atoms with Crippen molar-refractivity contribution in [2.75, 3.05) is 6.61 Å². The summed E-state index contributed by atoms with van der Waals surface area (Å²) in [7, 11) is 0. The van der Waals surface area contributed by atoms with Crippen LogP contribution in [0.3, 0.4) is 0 Å². The molecule has 1 atom stereocenters. The Kier molecular flexibility index (Phi) is 6.13. The summed E-state index contributed by atoms with van der Waals surface area (Å²) < 4.78 is 5.64. The van der Waals surface area contributed by atoms with Gasteiger partial charge in [0.1, 0.15) is 5.75 Å². The zero-order valence-electron chi connectivity index (χ0n) is 10.2. The standard InChI is InChI=1S/C14H19NO2/c1-2-13(16)12-8-4-5-9-14(12)17-11-7-3-6-10-15/h4-5,8-9,13,16H,2-3,6-7,11H2,1H3/t13-/m0/s1. The van der Waals surface area contributed by atoms with Crippen molar-refractivity contribution in [1.82, 2.24) is 0 Å². The van der Waals surface area contributed by atoms with Crippen LogP contribution in [0.1, 0.15) is 44.3 Å². The van der Waals surface area contributed by atoms with Crippen molar-refractivity contribution in [3.05, 3.63) is 29.8 Å². The molecule has 0 unspecified atom stereocenters. The van der Waals surface area contributed by atoms with Gasteiger partial charge >= 0.3 is 0 Å². The number of para-hydroxylation sites is 1. The molecule has 0 saturated carbocycles. The highest BCUT2D eigenvalue weighted by atomic mass is 16.5. The van der Waals surface area contributed by atoms with Crippen molar-refractivity contribution in [3.8, 4) is 11.8 Å². The Hall–Kier alpha value is -1.53. The average molecular weight is 233 g/mol. The first kappa shape index (κ1) is 13.5. The lowest BCUT2D eigenvalue weighted by Crippen LogP contribution is -2.03. The number of aliphatic hydroxyl groups excluding tert-OH is 1. The molecule has 3 heteroatoms. The van der Waals surface area contributed by atoms with Crippen LogP contribution in [0.4, 0.5) is 0 Å². The van der Waals surface area contributed by atoms with Crippen molar-refractivity contribution >= 4 is 0 Å². The van der Waals surface area contributed by atoms with E-state index in [0.29, 0.717) is 19.4 Å². The predicted octanol–water partition coefficient (Wildman–Crippen LogP) is 3.20. The number of ether oxygens (including phenoxy) is 1. The SMILES string of the molecule is CC[C@H](O)c1ccccc1OCCCCC#N. The van der Waals surface area contributed by atoms with Crippen LogP contribution in [0.15, 0.2) is 24.3 Å². The van der Waals surface area contributed by atoms with Gasteiger partial charge in [-0.15, -0.1) is 0 Å². The largest absolute Gasteiger partial charge is 0.493 e. The van der Waals surface area contributed by atoms with E-state index in [2.05, 4.69) is 6.07 Å². The van der Waals surface area contributed by atoms with Gasteiger partial charge in [0.2, 0.25) is 0 Å². The summed E-state index contributed by atoms with van der Waals surface area (Å²) in [4.78, 5) is 0. The second-order valence-electron chi connectivity index (χ2n) is 3.93. The van der Waals surface area contributed by atoms with Gasteiger partial charge in [-0.05, 0) is 25.3 Å². The third kappa shape index (κ3) is 4.46. The van der Waals surface area contributed by atoms with E-state index >= 15 is 0 Å². The van der Waals surface area contributed by atoms with Gasteiger partial charge in [-0.3, -0.25) is 0 Å². The number of nitriles is 1. The summed E-state index contributed by atoms with van der Waals surface area (Å²) in [6, 6.07) is 9.67. The summed E-state index contributed by atoms with van der Waals surface area (Å²) in [6.45, 7) is 2.53. The van der Waals surface area contributed by atoms with Crippen LogP contribution in [-0.2, 0) is 0 Å². The van der Waals surface area contributed by atoms with Crippen LogP contribution >= 0.6 is 0 Å². The molecule has 3 nitrogen and oxygen atoms in total. The molecule has 0 aliphatic carbocycles. The molecule has 0 saturated heterocycles. The van der Waals surface area contributed by atoms with Crippen LogP contribution in [-0.4, -0.2) is 11.7 Å². The Balaban J connectivity index is 2.50. The Morgan fingerprint density at radius 3 is 2.82 bits per heavy atom. The van der Waals surface area contributed by atoms with E-state index in [4.69, 9.17) is 10.00 Å². The van der Waals surface area contributed by atoms with E-state index in [0.717, 1.165) is 24.2 Å². The number of unbranched alkanes of at least 4 members (excludes halogenated alkanes) is 2. The van der Waals surface area contributed by atoms with Gasteiger partial charge in [0.05, 0.1) is 18.8 Å². The first-order valence-corrected chi connectivity index (χ1v) is 6.06. The minimum atomic E-state index is -0.467. The number of hydrogen-bond donors (Lipinski definition) is 1. The highest BCUT2D eigenvalue weighted by Gasteiger charge is 2.10. The van der Waals surface area contributed by atoms with Crippen molar-refractivity contribution in [2.24, 2.45) is 0 Å².